The number of likely N-dealkylation sites (tertiary alicyclic amines) is 1. The Morgan fingerprint density at radius 2 is 1.83 bits per heavy atom. The van der Waals surface area contributed by atoms with E-state index in [1.54, 1.807) is 4.68 Å². The van der Waals surface area contributed by atoms with E-state index in [4.69, 9.17) is 4.98 Å². The fourth-order valence-corrected chi connectivity index (χ4v) is 4.42. The highest BCUT2D eigenvalue weighted by atomic mass is 16.2. The summed E-state index contributed by atoms with van der Waals surface area (Å²) in [7, 11) is 0. The number of rotatable bonds is 7. The molecule has 2 aromatic rings. The number of fused-ring (bicyclic) bond motifs is 1. The Kier molecular flexibility index (Phi) is 6.99. The topological polar surface area (TPSA) is 102 Å². The number of tetrazole rings is 1. The first-order valence-corrected chi connectivity index (χ1v) is 11.3. The van der Waals surface area contributed by atoms with Crippen LogP contribution in [0.2, 0.25) is 0 Å². The standard InChI is InChI=1S/C21H32N8O/c1-16-17-8-4-5-9-18(17)24-19(23-16)10-11-22-21(30)15-29-20(25-26-27-29)14-28-12-6-2-3-7-13-28/h2-15H2,1H3,(H,22,30). The number of carbonyl (C=O) groups excluding carboxylic acids is 1. The molecule has 2 aromatic heterocycles. The molecule has 0 spiro atoms. The van der Waals surface area contributed by atoms with Gasteiger partial charge in [0.15, 0.2) is 5.82 Å². The number of hydrogen-bond donors (Lipinski definition) is 1. The summed E-state index contributed by atoms with van der Waals surface area (Å²) in [4.78, 5) is 24.2. The van der Waals surface area contributed by atoms with Crippen LogP contribution in [0.3, 0.4) is 0 Å². The quantitative estimate of drug-likeness (QED) is 0.733. The number of aryl methyl sites for hydroxylation is 2. The maximum Gasteiger partial charge on any atom is 0.241 e. The van der Waals surface area contributed by atoms with Crippen molar-refractivity contribution in [3.63, 3.8) is 0 Å². The summed E-state index contributed by atoms with van der Waals surface area (Å²) >= 11 is 0. The first-order chi connectivity index (χ1) is 14.7. The highest BCUT2D eigenvalue weighted by Gasteiger charge is 2.17. The third-order valence-corrected chi connectivity index (χ3v) is 6.07. The van der Waals surface area contributed by atoms with Crippen molar-refractivity contribution in [1.82, 2.24) is 40.4 Å². The number of nitrogens with zero attached hydrogens (tertiary/aromatic N) is 7. The van der Waals surface area contributed by atoms with Crippen molar-refractivity contribution >= 4 is 5.91 Å². The second-order valence-corrected chi connectivity index (χ2v) is 8.40. The van der Waals surface area contributed by atoms with Crippen LogP contribution in [-0.2, 0) is 37.1 Å². The monoisotopic (exact) mass is 412 g/mol. The molecule has 0 saturated carbocycles. The highest BCUT2D eigenvalue weighted by Crippen LogP contribution is 2.21. The molecule has 1 fully saturated rings. The Hall–Kier alpha value is -2.42. The SMILES string of the molecule is Cc1nc(CCNC(=O)Cn2nnnc2CN2CCCCCC2)nc2c1CCCC2. The Morgan fingerprint density at radius 3 is 2.67 bits per heavy atom. The summed E-state index contributed by atoms with van der Waals surface area (Å²) in [5, 5.41) is 14.9. The van der Waals surface area contributed by atoms with E-state index in [9.17, 15) is 4.79 Å². The molecule has 4 rings (SSSR count). The molecule has 9 nitrogen and oxygen atoms in total. The molecule has 1 aliphatic carbocycles. The summed E-state index contributed by atoms with van der Waals surface area (Å²) in [6, 6.07) is 0. The average Bonchev–Trinajstić information content (AvgIpc) is 3.00. The molecule has 1 aliphatic heterocycles. The average molecular weight is 413 g/mol. The second-order valence-electron chi connectivity index (χ2n) is 8.40. The second kappa shape index (κ2) is 10.1. The molecule has 1 N–H and O–H groups in total. The van der Waals surface area contributed by atoms with Gasteiger partial charge in [-0.3, -0.25) is 9.69 Å². The molecule has 30 heavy (non-hydrogen) atoms. The third-order valence-electron chi connectivity index (χ3n) is 6.07. The van der Waals surface area contributed by atoms with Crippen LogP contribution in [0, 0.1) is 6.92 Å². The zero-order chi connectivity index (χ0) is 20.8. The Morgan fingerprint density at radius 1 is 1.03 bits per heavy atom. The summed E-state index contributed by atoms with van der Waals surface area (Å²) in [5.74, 6) is 1.48. The van der Waals surface area contributed by atoms with Crippen molar-refractivity contribution in [2.75, 3.05) is 19.6 Å². The van der Waals surface area contributed by atoms with Crippen LogP contribution in [0.4, 0.5) is 0 Å². The number of amides is 1. The van der Waals surface area contributed by atoms with Gasteiger partial charge in [-0.1, -0.05) is 12.8 Å². The van der Waals surface area contributed by atoms with Crippen LogP contribution in [0.15, 0.2) is 0 Å². The smallest absolute Gasteiger partial charge is 0.241 e. The molecule has 1 amide bonds. The maximum atomic E-state index is 12.4. The molecular weight excluding hydrogens is 380 g/mol. The normalized spacial score (nSPS) is 17.4. The third kappa shape index (κ3) is 5.38. The molecule has 3 heterocycles. The van der Waals surface area contributed by atoms with Crippen molar-refractivity contribution in [1.29, 1.82) is 0 Å². The minimum absolute atomic E-state index is 0.0888. The van der Waals surface area contributed by atoms with E-state index in [-0.39, 0.29) is 12.5 Å². The number of hydrogen-bond acceptors (Lipinski definition) is 7. The lowest BCUT2D eigenvalue weighted by molar-refractivity contribution is -0.121. The first kappa shape index (κ1) is 20.8. The molecule has 0 atom stereocenters. The maximum absolute atomic E-state index is 12.4. The van der Waals surface area contributed by atoms with Gasteiger partial charge in [-0.05, 0) is 74.5 Å². The van der Waals surface area contributed by atoms with Gasteiger partial charge in [0, 0.05) is 24.4 Å². The summed E-state index contributed by atoms with van der Waals surface area (Å²) in [6.07, 6.45) is 10.2. The van der Waals surface area contributed by atoms with Crippen molar-refractivity contribution in [3.8, 4) is 0 Å². The van der Waals surface area contributed by atoms with Gasteiger partial charge in [0.2, 0.25) is 5.91 Å². The molecule has 0 aromatic carbocycles. The van der Waals surface area contributed by atoms with Crippen LogP contribution in [0.5, 0.6) is 0 Å². The van der Waals surface area contributed by atoms with E-state index in [0.717, 1.165) is 43.3 Å². The van der Waals surface area contributed by atoms with Gasteiger partial charge in [-0.15, -0.1) is 5.10 Å². The molecule has 0 unspecified atom stereocenters. The van der Waals surface area contributed by atoms with Gasteiger partial charge < -0.3 is 5.32 Å². The van der Waals surface area contributed by atoms with E-state index in [2.05, 4.69) is 37.6 Å². The summed E-state index contributed by atoms with van der Waals surface area (Å²) in [6.45, 7) is 5.55. The highest BCUT2D eigenvalue weighted by molar-refractivity contribution is 5.75. The zero-order valence-corrected chi connectivity index (χ0v) is 17.9. The summed E-state index contributed by atoms with van der Waals surface area (Å²) < 4.78 is 1.61. The number of aromatic nitrogens is 6. The lowest BCUT2D eigenvalue weighted by Gasteiger charge is -2.18. The molecule has 0 bridgehead atoms. The van der Waals surface area contributed by atoms with Crippen LogP contribution >= 0.6 is 0 Å². The number of carbonyl (C=O) groups is 1. The molecule has 1 saturated heterocycles. The van der Waals surface area contributed by atoms with Gasteiger partial charge >= 0.3 is 0 Å². The van der Waals surface area contributed by atoms with Gasteiger partial charge in [-0.25, -0.2) is 14.6 Å². The van der Waals surface area contributed by atoms with E-state index < -0.39 is 0 Å². The Bertz CT molecular complexity index is 857. The largest absolute Gasteiger partial charge is 0.354 e. The Balaban J connectivity index is 1.27. The van der Waals surface area contributed by atoms with E-state index >= 15 is 0 Å². The summed E-state index contributed by atoms with van der Waals surface area (Å²) in [5.41, 5.74) is 3.61. The van der Waals surface area contributed by atoms with Crippen molar-refractivity contribution in [2.45, 2.75) is 77.8 Å². The van der Waals surface area contributed by atoms with Crippen LogP contribution in [0.25, 0.3) is 0 Å². The lowest BCUT2D eigenvalue weighted by atomic mass is 9.95. The molecule has 2 aliphatic rings. The minimum atomic E-state index is -0.0888. The van der Waals surface area contributed by atoms with Gasteiger partial charge in [0.25, 0.3) is 0 Å². The first-order valence-electron chi connectivity index (χ1n) is 11.3. The predicted molar refractivity (Wildman–Crippen MR) is 112 cm³/mol. The van der Waals surface area contributed by atoms with Crippen molar-refractivity contribution in [2.24, 2.45) is 0 Å². The minimum Gasteiger partial charge on any atom is -0.354 e. The molecule has 9 heteroatoms. The predicted octanol–water partition coefficient (Wildman–Crippen LogP) is 1.39. The van der Waals surface area contributed by atoms with Crippen LogP contribution in [-0.4, -0.2) is 60.6 Å². The fraction of sp³-hybridized carbons (Fsp3) is 0.714. The lowest BCUT2D eigenvalue weighted by Crippen LogP contribution is -2.32. The Labute approximate surface area is 177 Å². The van der Waals surface area contributed by atoms with Crippen molar-refractivity contribution < 1.29 is 4.79 Å². The zero-order valence-electron chi connectivity index (χ0n) is 17.9. The molecule has 162 valence electrons. The van der Waals surface area contributed by atoms with Crippen LogP contribution in [0.1, 0.15) is 67.1 Å². The van der Waals surface area contributed by atoms with E-state index in [0.29, 0.717) is 19.5 Å². The van der Waals surface area contributed by atoms with E-state index in [1.165, 1.54) is 49.8 Å². The van der Waals surface area contributed by atoms with Gasteiger partial charge in [0.05, 0.1) is 6.54 Å². The van der Waals surface area contributed by atoms with Crippen LogP contribution < -0.4 is 5.32 Å². The molecule has 0 radical (unpaired) electrons. The van der Waals surface area contributed by atoms with Gasteiger partial charge in [0.1, 0.15) is 12.4 Å². The number of nitrogens with one attached hydrogen (secondary N) is 1. The van der Waals surface area contributed by atoms with Gasteiger partial charge in [-0.2, -0.15) is 0 Å². The fourth-order valence-electron chi connectivity index (χ4n) is 4.42. The van der Waals surface area contributed by atoms with E-state index in [1.807, 2.05) is 0 Å². The van der Waals surface area contributed by atoms with Crippen molar-refractivity contribution in [3.05, 3.63) is 28.6 Å². The molecular formula is C21H32N8O.